The molecule has 3 rings (SSSR count). The van der Waals surface area contributed by atoms with Crippen LogP contribution >= 0.6 is 0 Å². The standard InChI is InChI=1S/C22H29N5O4.H2/c1-5-6-10-30-11-9-27-18-12-17(16-7-8-19(29-4)23-13-16)14-24-20(18)25-21(22(27)28)26-31-15(2)3;/h7-8,12-15H,5-6,9-11H2,1-4H3,(H,24,25,26);1H. The van der Waals surface area contributed by atoms with Gasteiger partial charge in [-0.05, 0) is 32.4 Å². The summed E-state index contributed by atoms with van der Waals surface area (Å²) in [6.45, 7) is 7.29. The average molecular weight is 430 g/mol. The van der Waals surface area contributed by atoms with Gasteiger partial charge in [-0.2, -0.15) is 0 Å². The molecule has 3 aromatic heterocycles. The van der Waals surface area contributed by atoms with Crippen molar-refractivity contribution in [3.63, 3.8) is 0 Å². The summed E-state index contributed by atoms with van der Waals surface area (Å²) in [4.78, 5) is 31.6. The summed E-state index contributed by atoms with van der Waals surface area (Å²) in [6, 6.07) is 5.56. The number of nitrogens with zero attached hydrogens (tertiary/aromatic N) is 4. The SMILES string of the molecule is CCCCOCCn1c(=O)c(NOC(C)C)nc2ncc(-c3ccc(OC)nc3)cc21.[HH]. The number of methoxy groups -OCH3 is 1. The van der Waals surface area contributed by atoms with Crippen LogP contribution in [0.15, 0.2) is 35.4 Å². The van der Waals surface area contributed by atoms with Crippen molar-refractivity contribution in [2.45, 2.75) is 46.3 Å². The Kier molecular flexibility index (Phi) is 7.91. The zero-order valence-corrected chi connectivity index (χ0v) is 18.4. The first kappa shape index (κ1) is 22.6. The normalized spacial score (nSPS) is 11.3. The van der Waals surface area contributed by atoms with Gasteiger partial charge in [0, 0.05) is 44.2 Å². The Morgan fingerprint density at radius 3 is 2.65 bits per heavy atom. The molecule has 0 aliphatic carbocycles. The van der Waals surface area contributed by atoms with Crippen molar-refractivity contribution in [3.05, 3.63) is 40.9 Å². The van der Waals surface area contributed by atoms with E-state index in [2.05, 4.69) is 27.4 Å². The highest BCUT2D eigenvalue weighted by atomic mass is 16.7. The summed E-state index contributed by atoms with van der Waals surface area (Å²) in [5.74, 6) is 0.627. The number of fused-ring (bicyclic) bond motifs is 1. The summed E-state index contributed by atoms with van der Waals surface area (Å²) in [5.41, 5.74) is 5.11. The van der Waals surface area contributed by atoms with Crippen molar-refractivity contribution >= 4 is 17.0 Å². The molecular formula is C22H31N5O4. The second kappa shape index (κ2) is 10.8. The molecule has 3 heterocycles. The molecule has 0 atom stereocenters. The van der Waals surface area contributed by atoms with Crippen LogP contribution in [-0.2, 0) is 16.1 Å². The predicted octanol–water partition coefficient (Wildman–Crippen LogP) is 3.68. The van der Waals surface area contributed by atoms with Crippen molar-refractivity contribution in [2.75, 3.05) is 25.8 Å². The van der Waals surface area contributed by atoms with Gasteiger partial charge >= 0.3 is 0 Å². The number of anilines is 1. The lowest BCUT2D eigenvalue weighted by atomic mass is 10.1. The second-order valence-electron chi connectivity index (χ2n) is 7.31. The van der Waals surface area contributed by atoms with Crippen LogP contribution in [0.2, 0.25) is 0 Å². The molecule has 0 saturated heterocycles. The molecule has 3 aromatic rings. The number of pyridine rings is 2. The van der Waals surface area contributed by atoms with Crippen LogP contribution in [0, 0.1) is 0 Å². The Morgan fingerprint density at radius 1 is 1.16 bits per heavy atom. The predicted molar refractivity (Wildman–Crippen MR) is 121 cm³/mol. The average Bonchev–Trinajstić information content (AvgIpc) is 2.78. The van der Waals surface area contributed by atoms with E-state index in [0.717, 1.165) is 24.0 Å². The van der Waals surface area contributed by atoms with Gasteiger partial charge in [0.1, 0.15) is 0 Å². The number of unbranched alkanes of at least 4 members (excludes halogenated alkanes) is 1. The molecule has 0 saturated carbocycles. The minimum atomic E-state index is -0.293. The van der Waals surface area contributed by atoms with Gasteiger partial charge < -0.3 is 9.47 Å². The van der Waals surface area contributed by atoms with E-state index in [9.17, 15) is 4.79 Å². The van der Waals surface area contributed by atoms with Crippen LogP contribution in [0.25, 0.3) is 22.3 Å². The third-order valence-electron chi connectivity index (χ3n) is 4.58. The first-order valence-electron chi connectivity index (χ1n) is 10.4. The van der Waals surface area contributed by atoms with Crippen molar-refractivity contribution in [3.8, 4) is 17.0 Å². The maximum Gasteiger partial charge on any atom is 0.296 e. The fraction of sp³-hybridized carbons (Fsp3) is 0.455. The summed E-state index contributed by atoms with van der Waals surface area (Å²) < 4.78 is 12.4. The van der Waals surface area contributed by atoms with E-state index in [-0.39, 0.29) is 18.9 Å². The number of hydrogen-bond donors (Lipinski definition) is 1. The second-order valence-corrected chi connectivity index (χ2v) is 7.31. The van der Waals surface area contributed by atoms with Crippen LogP contribution in [0.3, 0.4) is 0 Å². The molecule has 0 aliphatic rings. The molecule has 9 heteroatoms. The Labute approximate surface area is 182 Å². The van der Waals surface area contributed by atoms with Crippen LogP contribution < -0.4 is 15.8 Å². The summed E-state index contributed by atoms with van der Waals surface area (Å²) in [5, 5.41) is 0. The molecule has 0 spiro atoms. The van der Waals surface area contributed by atoms with Gasteiger partial charge in [0.15, 0.2) is 5.65 Å². The number of aromatic nitrogens is 4. The smallest absolute Gasteiger partial charge is 0.296 e. The topological polar surface area (TPSA) is 100 Å². The number of ether oxygens (including phenoxy) is 2. The molecule has 0 bridgehead atoms. The zero-order chi connectivity index (χ0) is 22.2. The van der Waals surface area contributed by atoms with E-state index in [4.69, 9.17) is 14.3 Å². The van der Waals surface area contributed by atoms with Crippen LogP contribution in [0.4, 0.5) is 5.82 Å². The van der Waals surface area contributed by atoms with Gasteiger partial charge in [0.05, 0.1) is 25.3 Å². The van der Waals surface area contributed by atoms with Gasteiger partial charge in [-0.1, -0.05) is 13.3 Å². The number of nitrogens with one attached hydrogen (secondary N) is 1. The maximum absolute atomic E-state index is 13.1. The molecule has 0 fully saturated rings. The quantitative estimate of drug-likeness (QED) is 0.364. The van der Waals surface area contributed by atoms with E-state index >= 15 is 0 Å². The molecular weight excluding hydrogens is 398 g/mol. The Hall–Kier alpha value is -3.04. The first-order valence-corrected chi connectivity index (χ1v) is 10.4. The summed E-state index contributed by atoms with van der Waals surface area (Å²) in [6.07, 6.45) is 5.34. The highest BCUT2D eigenvalue weighted by Crippen LogP contribution is 2.23. The van der Waals surface area contributed by atoms with E-state index in [0.29, 0.717) is 36.8 Å². The van der Waals surface area contributed by atoms with Crippen LogP contribution in [0.5, 0.6) is 5.88 Å². The molecule has 168 valence electrons. The summed E-state index contributed by atoms with van der Waals surface area (Å²) >= 11 is 0. The van der Waals surface area contributed by atoms with Crippen LogP contribution in [-0.4, -0.2) is 45.9 Å². The maximum atomic E-state index is 13.1. The molecule has 0 amide bonds. The van der Waals surface area contributed by atoms with E-state index in [1.165, 1.54) is 0 Å². The molecule has 1 N–H and O–H groups in total. The third kappa shape index (κ3) is 5.77. The minimum Gasteiger partial charge on any atom is -0.481 e. The van der Waals surface area contributed by atoms with Gasteiger partial charge in [-0.15, -0.1) is 0 Å². The number of hydrogen-bond acceptors (Lipinski definition) is 8. The van der Waals surface area contributed by atoms with Gasteiger partial charge in [-0.25, -0.2) is 20.4 Å². The Bertz CT molecular complexity index is 1060. The minimum absolute atomic E-state index is 0. The van der Waals surface area contributed by atoms with E-state index in [1.54, 1.807) is 30.1 Å². The molecule has 9 nitrogen and oxygen atoms in total. The Morgan fingerprint density at radius 2 is 1.97 bits per heavy atom. The zero-order valence-electron chi connectivity index (χ0n) is 18.4. The van der Waals surface area contributed by atoms with Gasteiger partial charge in [0.2, 0.25) is 11.7 Å². The highest BCUT2D eigenvalue weighted by molar-refractivity contribution is 5.78. The van der Waals surface area contributed by atoms with Crippen molar-refractivity contribution in [1.29, 1.82) is 0 Å². The van der Waals surface area contributed by atoms with Crippen molar-refractivity contribution in [1.82, 2.24) is 19.5 Å². The molecule has 0 radical (unpaired) electrons. The first-order chi connectivity index (χ1) is 15.0. The molecule has 0 aromatic carbocycles. The van der Waals surface area contributed by atoms with Crippen molar-refractivity contribution in [2.24, 2.45) is 0 Å². The lowest BCUT2D eigenvalue weighted by Crippen LogP contribution is -2.28. The molecule has 0 aliphatic heterocycles. The lowest BCUT2D eigenvalue weighted by molar-refractivity contribution is 0.122. The van der Waals surface area contributed by atoms with Gasteiger partial charge in [-0.3, -0.25) is 14.2 Å². The molecule has 0 unspecified atom stereocenters. The number of rotatable bonds is 11. The lowest BCUT2D eigenvalue weighted by Gasteiger charge is -2.14. The summed E-state index contributed by atoms with van der Waals surface area (Å²) in [7, 11) is 1.57. The van der Waals surface area contributed by atoms with E-state index < -0.39 is 0 Å². The molecule has 31 heavy (non-hydrogen) atoms. The monoisotopic (exact) mass is 429 g/mol. The fourth-order valence-corrected chi connectivity index (χ4v) is 2.92. The largest absolute Gasteiger partial charge is 0.481 e. The van der Waals surface area contributed by atoms with Gasteiger partial charge in [0.25, 0.3) is 5.56 Å². The highest BCUT2D eigenvalue weighted by Gasteiger charge is 2.14. The van der Waals surface area contributed by atoms with Crippen LogP contribution in [0.1, 0.15) is 35.0 Å². The third-order valence-corrected chi connectivity index (χ3v) is 4.58. The van der Waals surface area contributed by atoms with Crippen molar-refractivity contribution < 1.29 is 15.7 Å². The fourth-order valence-electron chi connectivity index (χ4n) is 2.92. The Balaban J connectivity index is 0.00000363. The van der Waals surface area contributed by atoms with E-state index in [1.807, 2.05) is 26.0 Å².